The van der Waals surface area contributed by atoms with Gasteiger partial charge in [-0.15, -0.1) is 11.3 Å². The first-order valence-electron chi connectivity index (χ1n) is 5.76. The van der Waals surface area contributed by atoms with Gasteiger partial charge in [0.25, 0.3) is 0 Å². The molecule has 84 valence electrons. The van der Waals surface area contributed by atoms with E-state index >= 15 is 0 Å². The predicted molar refractivity (Wildman–Crippen MR) is 70.7 cm³/mol. The Bertz CT molecular complexity index is 253. The molecule has 0 aliphatic carbocycles. The summed E-state index contributed by atoms with van der Waals surface area (Å²) in [7, 11) is 0. The number of hydrogen-bond acceptors (Lipinski definition) is 3. The molecule has 2 heterocycles. The van der Waals surface area contributed by atoms with Crippen molar-refractivity contribution < 1.29 is 0 Å². The summed E-state index contributed by atoms with van der Waals surface area (Å²) in [6, 6.07) is 4.33. The lowest BCUT2D eigenvalue weighted by molar-refractivity contribution is 0.437. The SMILES string of the molecule is c1csc(CNCCC2CCSCC2)c1. The fourth-order valence-electron chi connectivity index (χ4n) is 1.97. The maximum absolute atomic E-state index is 3.54. The van der Waals surface area contributed by atoms with E-state index in [0.717, 1.165) is 12.5 Å². The van der Waals surface area contributed by atoms with Gasteiger partial charge in [-0.05, 0) is 54.7 Å². The van der Waals surface area contributed by atoms with Crippen LogP contribution in [0.5, 0.6) is 0 Å². The van der Waals surface area contributed by atoms with Crippen LogP contribution in [-0.4, -0.2) is 18.1 Å². The molecule has 3 heteroatoms. The van der Waals surface area contributed by atoms with Crippen molar-refractivity contribution in [3.05, 3.63) is 22.4 Å². The largest absolute Gasteiger partial charge is 0.312 e. The molecule has 1 aliphatic rings. The van der Waals surface area contributed by atoms with Crippen molar-refractivity contribution in [3.63, 3.8) is 0 Å². The van der Waals surface area contributed by atoms with Crippen LogP contribution in [0.15, 0.2) is 17.5 Å². The van der Waals surface area contributed by atoms with E-state index in [2.05, 4.69) is 34.6 Å². The smallest absolute Gasteiger partial charge is 0.0299 e. The summed E-state index contributed by atoms with van der Waals surface area (Å²) in [5.74, 6) is 3.76. The number of thiophene rings is 1. The van der Waals surface area contributed by atoms with Gasteiger partial charge in [-0.1, -0.05) is 6.07 Å². The molecule has 2 rings (SSSR count). The zero-order chi connectivity index (χ0) is 10.3. The van der Waals surface area contributed by atoms with E-state index in [1.807, 2.05) is 11.3 Å². The molecule has 1 aliphatic heterocycles. The normalized spacial score (nSPS) is 18.1. The second-order valence-corrected chi connectivity index (χ2v) is 6.36. The average molecular weight is 241 g/mol. The van der Waals surface area contributed by atoms with Gasteiger partial charge in [0.2, 0.25) is 0 Å². The molecule has 15 heavy (non-hydrogen) atoms. The lowest BCUT2D eigenvalue weighted by Gasteiger charge is -2.21. The second kappa shape index (κ2) is 6.56. The molecule has 0 bridgehead atoms. The van der Waals surface area contributed by atoms with E-state index in [0.29, 0.717) is 0 Å². The molecule has 1 aromatic rings. The number of rotatable bonds is 5. The highest BCUT2D eigenvalue weighted by molar-refractivity contribution is 7.99. The quantitative estimate of drug-likeness (QED) is 0.793. The van der Waals surface area contributed by atoms with Crippen molar-refractivity contribution in [1.82, 2.24) is 5.32 Å². The van der Waals surface area contributed by atoms with Gasteiger partial charge < -0.3 is 5.32 Å². The monoisotopic (exact) mass is 241 g/mol. The topological polar surface area (TPSA) is 12.0 Å². The first-order chi connectivity index (χ1) is 7.45. The zero-order valence-corrected chi connectivity index (χ0v) is 10.7. The molecular weight excluding hydrogens is 222 g/mol. The molecule has 1 fully saturated rings. The Hall–Kier alpha value is 0.01000. The van der Waals surface area contributed by atoms with E-state index in [9.17, 15) is 0 Å². The summed E-state index contributed by atoms with van der Waals surface area (Å²) < 4.78 is 0. The van der Waals surface area contributed by atoms with Crippen LogP contribution >= 0.6 is 23.1 Å². The Balaban J connectivity index is 1.54. The van der Waals surface area contributed by atoms with Crippen molar-refractivity contribution in [2.75, 3.05) is 18.1 Å². The Labute approximate surface area is 101 Å². The summed E-state index contributed by atoms with van der Waals surface area (Å²) in [6.07, 6.45) is 4.24. The zero-order valence-electron chi connectivity index (χ0n) is 9.08. The molecule has 0 radical (unpaired) electrons. The van der Waals surface area contributed by atoms with Crippen LogP contribution in [0.1, 0.15) is 24.1 Å². The summed E-state index contributed by atoms with van der Waals surface area (Å²) in [5, 5.41) is 5.69. The van der Waals surface area contributed by atoms with Crippen LogP contribution in [0, 0.1) is 5.92 Å². The first-order valence-corrected chi connectivity index (χ1v) is 7.79. The Morgan fingerprint density at radius 1 is 1.33 bits per heavy atom. The highest BCUT2D eigenvalue weighted by atomic mass is 32.2. The van der Waals surface area contributed by atoms with Crippen molar-refractivity contribution >= 4 is 23.1 Å². The van der Waals surface area contributed by atoms with Gasteiger partial charge in [0.1, 0.15) is 0 Å². The van der Waals surface area contributed by atoms with Gasteiger partial charge in [-0.25, -0.2) is 0 Å². The highest BCUT2D eigenvalue weighted by Gasteiger charge is 2.12. The standard InChI is InChI=1S/C12H19NS2/c1-2-12(15-7-1)10-13-6-3-11-4-8-14-9-5-11/h1-2,7,11,13H,3-6,8-10H2. The van der Waals surface area contributed by atoms with E-state index in [-0.39, 0.29) is 0 Å². The highest BCUT2D eigenvalue weighted by Crippen LogP contribution is 2.24. The summed E-state index contributed by atoms with van der Waals surface area (Å²) in [6.45, 7) is 2.24. The Kier molecular flexibility index (Phi) is 5.03. The van der Waals surface area contributed by atoms with E-state index in [1.54, 1.807) is 0 Å². The molecule has 0 spiro atoms. The maximum atomic E-state index is 3.54. The number of thioether (sulfide) groups is 1. The minimum absolute atomic E-state index is 0.988. The van der Waals surface area contributed by atoms with Crippen LogP contribution in [0.25, 0.3) is 0 Å². The van der Waals surface area contributed by atoms with E-state index in [4.69, 9.17) is 0 Å². The molecule has 0 aromatic carbocycles. The predicted octanol–water partition coefficient (Wildman–Crippen LogP) is 3.37. The van der Waals surface area contributed by atoms with Gasteiger partial charge in [0.05, 0.1) is 0 Å². The van der Waals surface area contributed by atoms with Crippen LogP contribution in [0.3, 0.4) is 0 Å². The molecule has 1 nitrogen and oxygen atoms in total. The van der Waals surface area contributed by atoms with Crippen LogP contribution in [0.2, 0.25) is 0 Å². The summed E-state index contributed by atoms with van der Waals surface area (Å²) >= 11 is 3.96. The third-order valence-corrected chi connectivity index (χ3v) is 4.87. The number of nitrogens with one attached hydrogen (secondary N) is 1. The van der Waals surface area contributed by atoms with E-state index < -0.39 is 0 Å². The minimum atomic E-state index is 0.988. The fourth-order valence-corrected chi connectivity index (χ4v) is 3.84. The summed E-state index contributed by atoms with van der Waals surface area (Å²) in [4.78, 5) is 1.45. The molecule has 1 aromatic heterocycles. The van der Waals surface area contributed by atoms with E-state index in [1.165, 1.54) is 42.2 Å². The molecular formula is C12H19NS2. The third kappa shape index (κ3) is 4.17. The molecule has 0 amide bonds. The van der Waals surface area contributed by atoms with Crippen LogP contribution < -0.4 is 5.32 Å². The van der Waals surface area contributed by atoms with Crippen LogP contribution in [-0.2, 0) is 6.54 Å². The van der Waals surface area contributed by atoms with Gasteiger partial charge in [0, 0.05) is 11.4 Å². The van der Waals surface area contributed by atoms with Gasteiger partial charge in [0.15, 0.2) is 0 Å². The second-order valence-electron chi connectivity index (χ2n) is 4.10. The van der Waals surface area contributed by atoms with Crippen LogP contribution in [0.4, 0.5) is 0 Å². The van der Waals surface area contributed by atoms with Gasteiger partial charge in [-0.3, -0.25) is 0 Å². The van der Waals surface area contributed by atoms with Crippen molar-refractivity contribution in [2.24, 2.45) is 5.92 Å². The molecule has 0 saturated carbocycles. The van der Waals surface area contributed by atoms with Gasteiger partial charge >= 0.3 is 0 Å². The maximum Gasteiger partial charge on any atom is 0.0299 e. The summed E-state index contributed by atoms with van der Waals surface area (Å²) in [5.41, 5.74) is 0. The fraction of sp³-hybridized carbons (Fsp3) is 0.667. The lowest BCUT2D eigenvalue weighted by atomic mass is 9.99. The molecule has 0 atom stereocenters. The van der Waals surface area contributed by atoms with Gasteiger partial charge in [-0.2, -0.15) is 11.8 Å². The Morgan fingerprint density at radius 2 is 2.20 bits per heavy atom. The molecule has 1 saturated heterocycles. The van der Waals surface area contributed by atoms with Crippen molar-refractivity contribution in [3.8, 4) is 0 Å². The van der Waals surface area contributed by atoms with Crippen molar-refractivity contribution in [1.29, 1.82) is 0 Å². The average Bonchev–Trinajstić information content (AvgIpc) is 2.79. The molecule has 0 unspecified atom stereocenters. The lowest BCUT2D eigenvalue weighted by Crippen LogP contribution is -2.19. The molecule has 1 N–H and O–H groups in total. The minimum Gasteiger partial charge on any atom is -0.312 e. The Morgan fingerprint density at radius 3 is 2.93 bits per heavy atom. The third-order valence-electron chi connectivity index (χ3n) is 2.95. The van der Waals surface area contributed by atoms with Crippen molar-refractivity contribution in [2.45, 2.75) is 25.8 Å². The number of hydrogen-bond donors (Lipinski definition) is 1. The first kappa shape index (κ1) is 11.5.